The molecule has 0 radical (unpaired) electrons. The van der Waals surface area contributed by atoms with Gasteiger partial charge in [-0.3, -0.25) is 4.79 Å². The molecule has 0 bridgehead atoms. The number of alkyl carbamates (subject to hydrolysis) is 1. The van der Waals surface area contributed by atoms with Crippen molar-refractivity contribution in [3.05, 3.63) is 53.7 Å². The quantitative estimate of drug-likeness (QED) is 0.675. The van der Waals surface area contributed by atoms with Crippen LogP contribution < -0.4 is 21.1 Å². The van der Waals surface area contributed by atoms with E-state index in [1.54, 1.807) is 12.1 Å². The second-order valence-electron chi connectivity index (χ2n) is 6.73. The number of pyridine rings is 1. The molecule has 0 fully saturated rings. The zero-order valence-electron chi connectivity index (χ0n) is 15.7. The molecule has 2 atom stereocenters. The number of nitrogens with zero attached hydrogens (tertiary/aromatic N) is 1. The highest BCUT2D eigenvalue weighted by Gasteiger charge is 2.24. The van der Waals surface area contributed by atoms with E-state index in [0.717, 1.165) is 5.56 Å². The van der Waals surface area contributed by atoms with E-state index in [1.807, 2.05) is 37.3 Å². The first kappa shape index (κ1) is 19.6. The van der Waals surface area contributed by atoms with Crippen molar-refractivity contribution in [3.8, 4) is 5.75 Å². The van der Waals surface area contributed by atoms with Crippen LogP contribution >= 0.6 is 0 Å². The Morgan fingerprint density at radius 2 is 2.11 bits per heavy atom. The molecule has 0 aliphatic carbocycles. The molecule has 8 heteroatoms. The van der Waals surface area contributed by atoms with E-state index in [4.69, 9.17) is 15.2 Å². The summed E-state index contributed by atoms with van der Waals surface area (Å²) < 4.78 is 11.0. The van der Waals surface area contributed by atoms with Crippen LogP contribution in [-0.2, 0) is 16.1 Å². The fraction of sp³-hybridized carbons (Fsp3) is 0.350. The van der Waals surface area contributed by atoms with Crippen LogP contribution in [0.5, 0.6) is 5.75 Å². The topological polar surface area (TPSA) is 116 Å². The number of aromatic nitrogens is 1. The van der Waals surface area contributed by atoms with E-state index in [-0.39, 0.29) is 18.4 Å². The number of carbonyl (C=O) groups excluding carboxylic acids is 2. The van der Waals surface area contributed by atoms with Crippen molar-refractivity contribution in [1.82, 2.24) is 10.3 Å². The SMILES string of the molecule is CC(CN)CC(OC(=O)NCc1ccccc1)c1ccc2c(n1)NC(=O)CO2. The molecule has 28 heavy (non-hydrogen) atoms. The normalized spacial score (nSPS) is 14.9. The molecule has 4 N–H and O–H groups in total. The van der Waals surface area contributed by atoms with Crippen LogP contribution in [0.3, 0.4) is 0 Å². The molecular formula is C20H24N4O4. The first-order valence-electron chi connectivity index (χ1n) is 9.17. The Morgan fingerprint density at radius 1 is 1.32 bits per heavy atom. The number of anilines is 1. The summed E-state index contributed by atoms with van der Waals surface area (Å²) in [4.78, 5) is 28.3. The molecule has 2 unspecified atom stereocenters. The average Bonchev–Trinajstić information content (AvgIpc) is 2.71. The van der Waals surface area contributed by atoms with Gasteiger partial charge >= 0.3 is 6.09 Å². The minimum absolute atomic E-state index is 0.0416. The summed E-state index contributed by atoms with van der Waals surface area (Å²) in [6, 6.07) is 13.0. The number of ether oxygens (including phenoxy) is 2. The fourth-order valence-electron chi connectivity index (χ4n) is 2.79. The number of fused-ring (bicyclic) bond motifs is 1. The Labute approximate surface area is 163 Å². The van der Waals surface area contributed by atoms with Gasteiger partial charge in [-0.25, -0.2) is 9.78 Å². The van der Waals surface area contributed by atoms with Gasteiger partial charge in [0.05, 0.1) is 5.69 Å². The van der Waals surface area contributed by atoms with Crippen molar-refractivity contribution in [2.24, 2.45) is 11.7 Å². The van der Waals surface area contributed by atoms with Crippen LogP contribution in [0.15, 0.2) is 42.5 Å². The van der Waals surface area contributed by atoms with Gasteiger partial charge in [0.25, 0.3) is 5.91 Å². The van der Waals surface area contributed by atoms with E-state index in [0.29, 0.717) is 36.8 Å². The average molecular weight is 384 g/mol. The summed E-state index contributed by atoms with van der Waals surface area (Å²) in [6.45, 7) is 2.75. The molecule has 2 heterocycles. The number of amides is 2. The maximum Gasteiger partial charge on any atom is 0.408 e. The van der Waals surface area contributed by atoms with Crippen LogP contribution in [-0.4, -0.2) is 30.1 Å². The number of carbonyl (C=O) groups is 2. The molecule has 3 rings (SSSR count). The summed E-state index contributed by atoms with van der Waals surface area (Å²) in [6.07, 6.45) is -0.633. The second-order valence-corrected chi connectivity index (χ2v) is 6.73. The molecule has 148 valence electrons. The molecule has 2 amide bonds. The van der Waals surface area contributed by atoms with Gasteiger partial charge in [0.2, 0.25) is 0 Å². The molecule has 1 aromatic heterocycles. The maximum absolute atomic E-state index is 12.3. The van der Waals surface area contributed by atoms with Gasteiger partial charge in [-0.2, -0.15) is 0 Å². The molecule has 0 saturated heterocycles. The highest BCUT2D eigenvalue weighted by molar-refractivity contribution is 5.94. The van der Waals surface area contributed by atoms with Crippen LogP contribution in [0.1, 0.15) is 30.7 Å². The van der Waals surface area contributed by atoms with E-state index in [9.17, 15) is 9.59 Å². The lowest BCUT2D eigenvalue weighted by Crippen LogP contribution is -2.29. The number of nitrogens with one attached hydrogen (secondary N) is 2. The predicted octanol–water partition coefficient (Wildman–Crippen LogP) is 2.36. The van der Waals surface area contributed by atoms with E-state index in [1.165, 1.54) is 0 Å². The summed E-state index contributed by atoms with van der Waals surface area (Å²) in [5, 5.41) is 5.41. The van der Waals surface area contributed by atoms with Crippen LogP contribution in [0.25, 0.3) is 0 Å². The zero-order valence-corrected chi connectivity index (χ0v) is 15.7. The standard InChI is InChI=1S/C20H24N4O4/c1-13(10-21)9-17(28-20(26)22-11-14-5-3-2-4-6-14)15-7-8-16-19(23-15)24-18(25)12-27-16/h2-8,13,17H,9-12,21H2,1H3,(H,22,26)(H,23,24,25). The van der Waals surface area contributed by atoms with Gasteiger partial charge in [0.15, 0.2) is 18.2 Å². The summed E-state index contributed by atoms with van der Waals surface area (Å²) in [7, 11) is 0. The van der Waals surface area contributed by atoms with Crippen molar-refractivity contribution in [2.75, 3.05) is 18.5 Å². The van der Waals surface area contributed by atoms with Crippen molar-refractivity contribution >= 4 is 17.8 Å². The van der Waals surface area contributed by atoms with E-state index in [2.05, 4.69) is 15.6 Å². The number of benzene rings is 1. The third-order valence-corrected chi connectivity index (χ3v) is 4.37. The third kappa shape index (κ3) is 5.20. The highest BCUT2D eigenvalue weighted by atomic mass is 16.6. The van der Waals surface area contributed by atoms with Gasteiger partial charge in [0, 0.05) is 6.54 Å². The lowest BCUT2D eigenvalue weighted by molar-refractivity contribution is -0.118. The lowest BCUT2D eigenvalue weighted by Gasteiger charge is -2.23. The highest BCUT2D eigenvalue weighted by Crippen LogP contribution is 2.30. The van der Waals surface area contributed by atoms with Gasteiger partial charge in [-0.1, -0.05) is 37.3 Å². The van der Waals surface area contributed by atoms with Gasteiger partial charge in [0.1, 0.15) is 6.10 Å². The van der Waals surface area contributed by atoms with Crippen LogP contribution in [0.2, 0.25) is 0 Å². The van der Waals surface area contributed by atoms with Gasteiger partial charge in [-0.15, -0.1) is 0 Å². The molecule has 0 spiro atoms. The molecule has 8 nitrogen and oxygen atoms in total. The Hall–Kier alpha value is -3.13. The zero-order chi connectivity index (χ0) is 19.9. The minimum atomic E-state index is -0.599. The number of hydrogen-bond donors (Lipinski definition) is 3. The number of rotatable bonds is 7. The van der Waals surface area contributed by atoms with Gasteiger partial charge < -0.3 is 25.8 Å². The Bertz CT molecular complexity index is 828. The van der Waals surface area contributed by atoms with Crippen molar-refractivity contribution in [1.29, 1.82) is 0 Å². The smallest absolute Gasteiger partial charge is 0.408 e. The maximum atomic E-state index is 12.3. The summed E-state index contributed by atoms with van der Waals surface area (Å²) in [5.41, 5.74) is 7.24. The van der Waals surface area contributed by atoms with E-state index >= 15 is 0 Å². The third-order valence-electron chi connectivity index (χ3n) is 4.37. The van der Waals surface area contributed by atoms with Crippen molar-refractivity contribution in [2.45, 2.75) is 26.0 Å². The molecule has 1 aliphatic heterocycles. The fourth-order valence-corrected chi connectivity index (χ4v) is 2.79. The summed E-state index contributed by atoms with van der Waals surface area (Å²) in [5.74, 6) is 0.663. The Morgan fingerprint density at radius 3 is 2.86 bits per heavy atom. The van der Waals surface area contributed by atoms with Crippen molar-refractivity contribution < 1.29 is 19.1 Å². The number of hydrogen-bond acceptors (Lipinski definition) is 6. The van der Waals surface area contributed by atoms with Crippen LogP contribution in [0, 0.1) is 5.92 Å². The predicted molar refractivity (Wildman–Crippen MR) is 104 cm³/mol. The molecule has 0 saturated carbocycles. The summed E-state index contributed by atoms with van der Waals surface area (Å²) >= 11 is 0. The van der Waals surface area contributed by atoms with E-state index < -0.39 is 12.2 Å². The first-order chi connectivity index (χ1) is 13.5. The lowest BCUT2D eigenvalue weighted by atomic mass is 10.0. The molecule has 2 aromatic rings. The monoisotopic (exact) mass is 384 g/mol. The Kier molecular flexibility index (Phi) is 6.44. The number of nitrogens with two attached hydrogens (primary N) is 1. The largest absolute Gasteiger partial charge is 0.480 e. The van der Waals surface area contributed by atoms with Gasteiger partial charge in [-0.05, 0) is 36.6 Å². The second kappa shape index (κ2) is 9.18. The first-order valence-corrected chi connectivity index (χ1v) is 9.17. The minimum Gasteiger partial charge on any atom is -0.480 e. The molecule has 1 aliphatic rings. The van der Waals surface area contributed by atoms with Crippen LogP contribution in [0.4, 0.5) is 10.6 Å². The Balaban J connectivity index is 1.71. The molecular weight excluding hydrogens is 360 g/mol. The van der Waals surface area contributed by atoms with Crippen molar-refractivity contribution in [3.63, 3.8) is 0 Å². The molecule has 1 aromatic carbocycles.